The van der Waals surface area contributed by atoms with E-state index in [-0.39, 0.29) is 0 Å². The highest BCUT2D eigenvalue weighted by atomic mass is 35.5. The summed E-state index contributed by atoms with van der Waals surface area (Å²) in [6, 6.07) is 5.77. The van der Waals surface area contributed by atoms with E-state index in [0.29, 0.717) is 10.9 Å². The van der Waals surface area contributed by atoms with E-state index in [1.807, 2.05) is 25.1 Å². The zero-order chi connectivity index (χ0) is 8.97. The lowest BCUT2D eigenvalue weighted by molar-refractivity contribution is 1.46. The molecule has 0 spiro atoms. The van der Waals surface area contributed by atoms with E-state index >= 15 is 0 Å². The van der Waals surface area contributed by atoms with Crippen molar-refractivity contribution >= 4 is 23.2 Å². The van der Waals surface area contributed by atoms with Gasteiger partial charge >= 0.3 is 0 Å². The van der Waals surface area contributed by atoms with Gasteiger partial charge in [0, 0.05) is 5.56 Å². The molecule has 0 unspecified atom stereocenters. The fourth-order valence-electron chi connectivity index (χ4n) is 0.850. The first-order valence-electron chi connectivity index (χ1n) is 3.55. The Morgan fingerprint density at radius 1 is 1.42 bits per heavy atom. The van der Waals surface area contributed by atoms with Crippen LogP contribution in [0.4, 0.5) is 0 Å². The lowest BCUT2D eigenvalue weighted by atomic mass is 10.1. The van der Waals surface area contributed by atoms with Crippen LogP contribution in [-0.4, -0.2) is 5.88 Å². The molecule has 0 saturated carbocycles. The highest BCUT2D eigenvalue weighted by Gasteiger charge is 1.95. The molecule has 0 aliphatic carbocycles. The van der Waals surface area contributed by atoms with Gasteiger partial charge in [-0.3, -0.25) is 0 Å². The van der Waals surface area contributed by atoms with Gasteiger partial charge in [-0.25, -0.2) is 0 Å². The first-order valence-corrected chi connectivity index (χ1v) is 4.46. The molecule has 2 heteroatoms. The fraction of sp³-hybridized carbons (Fsp3) is 0.200. The third-order valence-electron chi connectivity index (χ3n) is 1.41. The Balaban J connectivity index is 3.01. The van der Waals surface area contributed by atoms with Crippen LogP contribution in [-0.2, 0) is 0 Å². The van der Waals surface area contributed by atoms with Crippen LogP contribution in [0.3, 0.4) is 0 Å². The van der Waals surface area contributed by atoms with E-state index in [4.69, 9.17) is 23.2 Å². The number of benzene rings is 1. The van der Waals surface area contributed by atoms with Crippen LogP contribution in [0.5, 0.6) is 0 Å². The highest BCUT2D eigenvalue weighted by molar-refractivity contribution is 6.31. The van der Waals surface area contributed by atoms with Crippen molar-refractivity contribution in [3.63, 3.8) is 0 Å². The standard InChI is InChI=1S/C10H8Cl2/c1-8-4-5-9(3-2-6-11)10(12)7-8/h4-5,7H,6H2,1H3. The molecule has 0 bridgehead atoms. The lowest BCUT2D eigenvalue weighted by Gasteiger charge is -1.96. The molecule has 0 aliphatic rings. The van der Waals surface area contributed by atoms with E-state index in [9.17, 15) is 0 Å². The van der Waals surface area contributed by atoms with Crippen LogP contribution in [0.15, 0.2) is 18.2 Å². The summed E-state index contributed by atoms with van der Waals surface area (Å²) in [4.78, 5) is 0. The van der Waals surface area contributed by atoms with Crippen molar-refractivity contribution in [2.75, 3.05) is 5.88 Å². The summed E-state index contributed by atoms with van der Waals surface area (Å²) in [6.45, 7) is 1.99. The van der Waals surface area contributed by atoms with Crippen molar-refractivity contribution < 1.29 is 0 Å². The number of hydrogen-bond acceptors (Lipinski definition) is 0. The van der Waals surface area contributed by atoms with Gasteiger partial charge in [0.25, 0.3) is 0 Å². The molecule has 0 nitrogen and oxygen atoms in total. The Morgan fingerprint density at radius 2 is 2.17 bits per heavy atom. The maximum absolute atomic E-state index is 5.92. The molecule has 0 heterocycles. The molecular formula is C10H8Cl2. The van der Waals surface area contributed by atoms with Gasteiger partial charge < -0.3 is 0 Å². The molecule has 62 valence electrons. The normalized spacial score (nSPS) is 8.92. The van der Waals surface area contributed by atoms with E-state index in [0.717, 1.165) is 11.1 Å². The summed E-state index contributed by atoms with van der Waals surface area (Å²) in [5.41, 5.74) is 1.97. The number of alkyl halides is 1. The molecule has 1 rings (SSSR count). The van der Waals surface area contributed by atoms with Crippen molar-refractivity contribution in [2.45, 2.75) is 6.92 Å². The van der Waals surface area contributed by atoms with Crippen molar-refractivity contribution in [1.82, 2.24) is 0 Å². The second-order valence-electron chi connectivity index (χ2n) is 2.42. The average Bonchev–Trinajstić information content (AvgIpc) is 2.03. The largest absolute Gasteiger partial charge is 0.113 e. The Labute approximate surface area is 82.5 Å². The zero-order valence-corrected chi connectivity index (χ0v) is 8.21. The second-order valence-corrected chi connectivity index (χ2v) is 3.09. The molecule has 0 aliphatic heterocycles. The molecule has 12 heavy (non-hydrogen) atoms. The van der Waals surface area contributed by atoms with Crippen LogP contribution in [0, 0.1) is 18.8 Å². The van der Waals surface area contributed by atoms with Gasteiger partial charge in [0.2, 0.25) is 0 Å². The van der Waals surface area contributed by atoms with E-state index in [1.165, 1.54) is 0 Å². The molecule has 1 aromatic rings. The first kappa shape index (κ1) is 9.45. The second kappa shape index (κ2) is 4.40. The number of halogens is 2. The van der Waals surface area contributed by atoms with Crippen molar-refractivity contribution in [1.29, 1.82) is 0 Å². The van der Waals surface area contributed by atoms with Crippen LogP contribution < -0.4 is 0 Å². The minimum Gasteiger partial charge on any atom is -0.113 e. The SMILES string of the molecule is Cc1ccc(C#CCCl)c(Cl)c1. The predicted molar refractivity (Wildman–Crippen MR) is 53.8 cm³/mol. The monoisotopic (exact) mass is 198 g/mol. The molecule has 1 aromatic carbocycles. The average molecular weight is 199 g/mol. The molecule has 0 radical (unpaired) electrons. The summed E-state index contributed by atoms with van der Waals surface area (Å²) in [7, 11) is 0. The molecule has 0 N–H and O–H groups in total. The van der Waals surface area contributed by atoms with Gasteiger partial charge in [-0.15, -0.1) is 11.6 Å². The van der Waals surface area contributed by atoms with Crippen molar-refractivity contribution in [3.8, 4) is 11.8 Å². The van der Waals surface area contributed by atoms with Gasteiger partial charge in [0.15, 0.2) is 0 Å². The van der Waals surface area contributed by atoms with Gasteiger partial charge in [-0.05, 0) is 24.6 Å². The van der Waals surface area contributed by atoms with Crippen LogP contribution in [0.1, 0.15) is 11.1 Å². The Hall–Kier alpha value is -0.640. The van der Waals surface area contributed by atoms with Crippen LogP contribution in [0.25, 0.3) is 0 Å². The molecule has 0 fully saturated rings. The van der Waals surface area contributed by atoms with Gasteiger partial charge in [0.1, 0.15) is 0 Å². The molecule has 0 atom stereocenters. The maximum atomic E-state index is 5.92. The first-order chi connectivity index (χ1) is 5.74. The van der Waals surface area contributed by atoms with Crippen LogP contribution >= 0.6 is 23.2 Å². The Bertz CT molecular complexity index is 331. The summed E-state index contributed by atoms with van der Waals surface area (Å²) in [5, 5.41) is 0.688. The highest BCUT2D eigenvalue weighted by Crippen LogP contribution is 2.15. The van der Waals surface area contributed by atoms with E-state index in [2.05, 4.69) is 11.8 Å². The number of hydrogen-bond donors (Lipinski definition) is 0. The third-order valence-corrected chi connectivity index (χ3v) is 1.86. The lowest BCUT2D eigenvalue weighted by Crippen LogP contribution is -1.78. The maximum Gasteiger partial charge on any atom is 0.0839 e. The Kier molecular flexibility index (Phi) is 3.47. The number of rotatable bonds is 0. The minimum atomic E-state index is 0.338. The molecular weight excluding hydrogens is 191 g/mol. The summed E-state index contributed by atoms with van der Waals surface area (Å²) in [5.74, 6) is 5.97. The molecule has 0 amide bonds. The predicted octanol–water partition coefficient (Wildman–Crippen LogP) is 3.24. The van der Waals surface area contributed by atoms with Gasteiger partial charge in [-0.2, -0.15) is 0 Å². The topological polar surface area (TPSA) is 0 Å². The van der Waals surface area contributed by atoms with E-state index in [1.54, 1.807) is 0 Å². The Morgan fingerprint density at radius 3 is 2.75 bits per heavy atom. The molecule has 0 saturated heterocycles. The number of aryl methyl sites for hydroxylation is 1. The summed E-state index contributed by atoms with van der Waals surface area (Å²) >= 11 is 11.3. The summed E-state index contributed by atoms with van der Waals surface area (Å²) < 4.78 is 0. The van der Waals surface area contributed by atoms with Gasteiger partial charge in [0.05, 0.1) is 10.9 Å². The smallest absolute Gasteiger partial charge is 0.0839 e. The van der Waals surface area contributed by atoms with Crippen molar-refractivity contribution in [2.24, 2.45) is 0 Å². The zero-order valence-electron chi connectivity index (χ0n) is 6.70. The fourth-order valence-corrected chi connectivity index (χ4v) is 1.20. The third kappa shape index (κ3) is 2.44. The quantitative estimate of drug-likeness (QED) is 0.444. The van der Waals surface area contributed by atoms with Crippen molar-refractivity contribution in [3.05, 3.63) is 34.3 Å². The molecule has 0 aromatic heterocycles. The summed E-state index contributed by atoms with van der Waals surface area (Å²) in [6.07, 6.45) is 0. The van der Waals surface area contributed by atoms with E-state index < -0.39 is 0 Å². The van der Waals surface area contributed by atoms with Crippen LogP contribution in [0.2, 0.25) is 5.02 Å². The van der Waals surface area contributed by atoms with Gasteiger partial charge in [-0.1, -0.05) is 29.5 Å². The minimum absolute atomic E-state index is 0.338.